The second-order valence-electron chi connectivity index (χ2n) is 5.19. The summed E-state index contributed by atoms with van der Waals surface area (Å²) in [6.07, 6.45) is 2.36. The molecule has 0 spiro atoms. The molecule has 1 aromatic rings. The average Bonchev–Trinajstić information content (AvgIpc) is 3.08. The number of hydrogen-bond acceptors (Lipinski definition) is 4. The van der Waals surface area contributed by atoms with E-state index in [4.69, 9.17) is 5.73 Å². The lowest BCUT2D eigenvalue weighted by molar-refractivity contribution is -0.124. The van der Waals surface area contributed by atoms with Gasteiger partial charge in [-0.05, 0) is 37.6 Å². The van der Waals surface area contributed by atoms with Crippen LogP contribution in [0, 0.1) is 0 Å². The van der Waals surface area contributed by atoms with Crippen molar-refractivity contribution in [2.45, 2.75) is 38.3 Å². The molecule has 1 aliphatic heterocycles. The molecule has 2 amide bonds. The second-order valence-corrected chi connectivity index (χ2v) is 6.14. The highest BCUT2D eigenvalue weighted by molar-refractivity contribution is 7.12. The number of nitrogens with zero attached hydrogens (tertiary/aromatic N) is 1. The third-order valence-corrected chi connectivity index (χ3v) is 4.31. The summed E-state index contributed by atoms with van der Waals surface area (Å²) in [5.41, 5.74) is 5.66. The van der Waals surface area contributed by atoms with Gasteiger partial charge in [0.2, 0.25) is 5.91 Å². The Hall–Kier alpha value is -1.11. The summed E-state index contributed by atoms with van der Waals surface area (Å²) < 4.78 is 0. The number of hydrogen-bond donors (Lipinski definition) is 2. The largest absolute Gasteiger partial charge is 0.354 e. The van der Waals surface area contributed by atoms with E-state index in [1.807, 2.05) is 18.4 Å². The van der Waals surface area contributed by atoms with Crippen molar-refractivity contribution < 1.29 is 9.59 Å². The summed E-state index contributed by atoms with van der Waals surface area (Å²) in [5, 5.41) is 4.75. The first-order chi connectivity index (χ1) is 9.59. The van der Waals surface area contributed by atoms with Crippen LogP contribution < -0.4 is 11.1 Å². The van der Waals surface area contributed by atoms with E-state index in [1.54, 1.807) is 11.0 Å². The molecule has 2 heterocycles. The molecule has 0 radical (unpaired) electrons. The summed E-state index contributed by atoms with van der Waals surface area (Å²) in [6.45, 7) is 3.13. The molecule has 0 bridgehead atoms. The minimum Gasteiger partial charge on any atom is -0.354 e. The van der Waals surface area contributed by atoms with Crippen molar-refractivity contribution in [2.75, 3.05) is 13.1 Å². The van der Waals surface area contributed by atoms with Crippen LogP contribution in [0.4, 0.5) is 0 Å². The third-order valence-electron chi connectivity index (χ3n) is 3.45. The Morgan fingerprint density at radius 2 is 2.33 bits per heavy atom. The SMILES string of the molecule is CC(N)CCNC(=O)C1CCCN1C(=O)c1cccs1.Cl. The Bertz CT molecular complexity index is 465. The number of likely N-dealkylation sites (tertiary alicyclic amines) is 1. The van der Waals surface area contributed by atoms with E-state index in [0.717, 1.165) is 19.3 Å². The monoisotopic (exact) mass is 331 g/mol. The highest BCUT2D eigenvalue weighted by Crippen LogP contribution is 2.22. The van der Waals surface area contributed by atoms with Gasteiger partial charge in [-0.15, -0.1) is 23.7 Å². The fourth-order valence-electron chi connectivity index (χ4n) is 2.37. The molecule has 2 rings (SSSR count). The fraction of sp³-hybridized carbons (Fsp3) is 0.571. The summed E-state index contributed by atoms with van der Waals surface area (Å²) in [5.74, 6) is -0.0992. The van der Waals surface area contributed by atoms with Crippen molar-refractivity contribution in [1.82, 2.24) is 10.2 Å². The van der Waals surface area contributed by atoms with Crippen molar-refractivity contribution in [3.05, 3.63) is 22.4 Å². The normalized spacial score (nSPS) is 19.0. The molecule has 3 N–H and O–H groups in total. The zero-order chi connectivity index (χ0) is 14.5. The van der Waals surface area contributed by atoms with Gasteiger partial charge in [0.05, 0.1) is 4.88 Å². The van der Waals surface area contributed by atoms with Crippen LogP contribution in [0.15, 0.2) is 17.5 Å². The van der Waals surface area contributed by atoms with Gasteiger partial charge in [0.1, 0.15) is 6.04 Å². The molecule has 118 valence electrons. The van der Waals surface area contributed by atoms with E-state index < -0.39 is 0 Å². The van der Waals surface area contributed by atoms with Crippen molar-refractivity contribution in [3.8, 4) is 0 Å². The van der Waals surface area contributed by atoms with E-state index in [-0.39, 0.29) is 36.3 Å². The van der Waals surface area contributed by atoms with Gasteiger partial charge in [0.25, 0.3) is 5.91 Å². The van der Waals surface area contributed by atoms with Crippen molar-refractivity contribution >= 4 is 35.6 Å². The summed E-state index contributed by atoms with van der Waals surface area (Å²) in [4.78, 5) is 26.9. The first-order valence-corrected chi connectivity index (χ1v) is 7.85. The highest BCUT2D eigenvalue weighted by Gasteiger charge is 2.34. The van der Waals surface area contributed by atoms with Gasteiger partial charge in [-0.25, -0.2) is 0 Å². The molecule has 1 saturated heterocycles. The van der Waals surface area contributed by atoms with Gasteiger partial charge >= 0.3 is 0 Å². The number of carbonyl (C=O) groups excluding carboxylic acids is 2. The van der Waals surface area contributed by atoms with Crippen LogP contribution in [0.3, 0.4) is 0 Å². The van der Waals surface area contributed by atoms with Crippen LogP contribution >= 0.6 is 23.7 Å². The highest BCUT2D eigenvalue weighted by atomic mass is 35.5. The van der Waals surface area contributed by atoms with E-state index in [1.165, 1.54) is 11.3 Å². The van der Waals surface area contributed by atoms with Gasteiger partial charge in [0, 0.05) is 19.1 Å². The molecule has 2 atom stereocenters. The lowest BCUT2D eigenvalue weighted by Crippen LogP contribution is -2.46. The molecule has 7 heteroatoms. The van der Waals surface area contributed by atoms with Crippen LogP contribution in [0.2, 0.25) is 0 Å². The Morgan fingerprint density at radius 3 is 2.95 bits per heavy atom. The molecule has 1 aromatic heterocycles. The number of nitrogens with two attached hydrogens (primary N) is 1. The summed E-state index contributed by atoms with van der Waals surface area (Å²) in [7, 11) is 0. The maximum absolute atomic E-state index is 12.3. The molecule has 0 saturated carbocycles. The van der Waals surface area contributed by atoms with E-state index in [9.17, 15) is 9.59 Å². The van der Waals surface area contributed by atoms with Crippen LogP contribution in [0.1, 0.15) is 35.9 Å². The fourth-order valence-corrected chi connectivity index (χ4v) is 3.04. The van der Waals surface area contributed by atoms with E-state index >= 15 is 0 Å². The lowest BCUT2D eigenvalue weighted by Gasteiger charge is -2.23. The molecular formula is C14H22ClN3O2S. The molecular weight excluding hydrogens is 310 g/mol. The van der Waals surface area contributed by atoms with Crippen molar-refractivity contribution in [1.29, 1.82) is 0 Å². The Kier molecular flexibility index (Phi) is 7.14. The molecule has 1 aliphatic rings. The molecule has 0 aromatic carbocycles. The molecule has 21 heavy (non-hydrogen) atoms. The quantitative estimate of drug-likeness (QED) is 0.861. The Morgan fingerprint density at radius 1 is 1.57 bits per heavy atom. The minimum atomic E-state index is -0.335. The van der Waals surface area contributed by atoms with Crippen molar-refractivity contribution in [3.63, 3.8) is 0 Å². The zero-order valence-electron chi connectivity index (χ0n) is 12.1. The Labute approximate surface area is 135 Å². The summed E-state index contributed by atoms with van der Waals surface area (Å²) >= 11 is 1.41. The smallest absolute Gasteiger partial charge is 0.264 e. The van der Waals surface area contributed by atoms with Crippen LogP contribution in [-0.4, -0.2) is 41.9 Å². The van der Waals surface area contributed by atoms with E-state index in [2.05, 4.69) is 5.32 Å². The van der Waals surface area contributed by atoms with Gasteiger partial charge in [-0.2, -0.15) is 0 Å². The number of thiophene rings is 1. The van der Waals surface area contributed by atoms with Crippen LogP contribution in [-0.2, 0) is 4.79 Å². The first kappa shape index (κ1) is 17.9. The maximum Gasteiger partial charge on any atom is 0.264 e. The van der Waals surface area contributed by atoms with Gasteiger partial charge in [-0.1, -0.05) is 6.07 Å². The first-order valence-electron chi connectivity index (χ1n) is 6.97. The predicted molar refractivity (Wildman–Crippen MR) is 86.9 cm³/mol. The summed E-state index contributed by atoms with van der Waals surface area (Å²) in [6, 6.07) is 3.39. The number of amides is 2. The van der Waals surface area contributed by atoms with Gasteiger partial charge in [0.15, 0.2) is 0 Å². The average molecular weight is 332 g/mol. The number of carbonyl (C=O) groups is 2. The minimum absolute atomic E-state index is 0. The second kappa shape index (κ2) is 8.36. The van der Waals surface area contributed by atoms with Crippen molar-refractivity contribution in [2.24, 2.45) is 5.73 Å². The zero-order valence-corrected chi connectivity index (χ0v) is 13.7. The molecule has 1 fully saturated rings. The number of rotatable bonds is 5. The third kappa shape index (κ3) is 4.69. The standard InChI is InChI=1S/C14H21N3O2S.ClH/c1-10(15)6-7-16-13(18)11-4-2-8-17(11)14(19)12-5-3-9-20-12;/h3,5,9-11H,2,4,6-8,15H2,1H3,(H,16,18);1H. The number of nitrogens with one attached hydrogen (secondary N) is 1. The number of halogens is 1. The van der Waals surface area contributed by atoms with Gasteiger partial charge in [-0.3, -0.25) is 9.59 Å². The topological polar surface area (TPSA) is 75.4 Å². The Balaban J connectivity index is 0.00000220. The molecule has 2 unspecified atom stereocenters. The predicted octanol–water partition coefficient (Wildman–Crippen LogP) is 1.63. The maximum atomic E-state index is 12.3. The molecule has 0 aliphatic carbocycles. The van der Waals surface area contributed by atoms with Gasteiger partial charge < -0.3 is 16.0 Å². The van der Waals surface area contributed by atoms with Crippen LogP contribution in [0.25, 0.3) is 0 Å². The van der Waals surface area contributed by atoms with E-state index in [0.29, 0.717) is 18.0 Å². The van der Waals surface area contributed by atoms with Crippen LogP contribution in [0.5, 0.6) is 0 Å². The lowest BCUT2D eigenvalue weighted by atomic mass is 10.2. The molecule has 5 nitrogen and oxygen atoms in total.